The van der Waals surface area contributed by atoms with Gasteiger partial charge < -0.3 is 15.0 Å². The van der Waals surface area contributed by atoms with Crippen LogP contribution in [0.15, 0.2) is 29.3 Å². The first-order chi connectivity index (χ1) is 11.2. The van der Waals surface area contributed by atoms with Crippen molar-refractivity contribution in [1.82, 2.24) is 10.2 Å². The summed E-state index contributed by atoms with van der Waals surface area (Å²) < 4.78 is 5.13. The largest absolute Gasteiger partial charge is 0.497 e. The minimum Gasteiger partial charge on any atom is -0.497 e. The molecule has 1 aromatic rings. The molecule has 0 bridgehead atoms. The van der Waals surface area contributed by atoms with Crippen LogP contribution in [0.2, 0.25) is 0 Å². The van der Waals surface area contributed by atoms with Gasteiger partial charge in [-0.3, -0.25) is 9.79 Å². The van der Waals surface area contributed by atoms with Gasteiger partial charge in [-0.25, -0.2) is 0 Å². The molecule has 2 fully saturated rings. The Morgan fingerprint density at radius 3 is 2.78 bits per heavy atom. The lowest BCUT2D eigenvalue weighted by atomic mass is 10.2. The maximum absolute atomic E-state index is 12.2. The van der Waals surface area contributed by atoms with Crippen LogP contribution >= 0.6 is 11.8 Å². The number of hydrogen-bond donors (Lipinski definition) is 1. The minimum atomic E-state index is 0.0888. The van der Waals surface area contributed by atoms with Gasteiger partial charge in [0.2, 0.25) is 5.91 Å². The standard InChI is InChI=1S/C17H23N3O2S/c1-20-14(11-23-17(20)19-13-5-6-13)9-16(21)18-10-12-3-7-15(22-2)8-4-12/h3-4,7-8,13-14H,5-6,9-11H2,1-2H3,(H,18,21). The van der Waals surface area contributed by atoms with E-state index in [2.05, 4.69) is 10.2 Å². The second-order valence-corrected chi connectivity index (χ2v) is 7.03. The van der Waals surface area contributed by atoms with Crippen LogP contribution in [0.25, 0.3) is 0 Å². The highest BCUT2D eigenvalue weighted by molar-refractivity contribution is 8.14. The molecule has 23 heavy (non-hydrogen) atoms. The first-order valence-electron chi connectivity index (χ1n) is 7.99. The van der Waals surface area contributed by atoms with Crippen molar-refractivity contribution in [3.05, 3.63) is 29.8 Å². The molecule has 0 radical (unpaired) electrons. The van der Waals surface area contributed by atoms with Crippen LogP contribution < -0.4 is 10.1 Å². The van der Waals surface area contributed by atoms with E-state index >= 15 is 0 Å². The van der Waals surface area contributed by atoms with Crippen LogP contribution in [0.1, 0.15) is 24.8 Å². The lowest BCUT2D eigenvalue weighted by Gasteiger charge is -2.20. The number of nitrogens with one attached hydrogen (secondary N) is 1. The highest BCUT2D eigenvalue weighted by Crippen LogP contribution is 2.30. The summed E-state index contributed by atoms with van der Waals surface area (Å²) in [5.41, 5.74) is 1.07. The number of aliphatic imine (C=N–C) groups is 1. The van der Waals surface area contributed by atoms with E-state index in [0.29, 0.717) is 19.0 Å². The fourth-order valence-corrected chi connectivity index (χ4v) is 3.71. The highest BCUT2D eigenvalue weighted by atomic mass is 32.2. The molecule has 1 amide bonds. The van der Waals surface area contributed by atoms with Crippen molar-refractivity contribution in [1.29, 1.82) is 0 Å². The summed E-state index contributed by atoms with van der Waals surface area (Å²) in [6, 6.07) is 8.53. The third-order valence-electron chi connectivity index (χ3n) is 4.16. The van der Waals surface area contributed by atoms with Gasteiger partial charge in [0.05, 0.1) is 13.2 Å². The Hall–Kier alpha value is -1.69. The molecular weight excluding hydrogens is 310 g/mol. The summed E-state index contributed by atoms with van der Waals surface area (Å²) in [7, 11) is 3.69. The summed E-state index contributed by atoms with van der Waals surface area (Å²) >= 11 is 1.77. The Balaban J connectivity index is 1.45. The van der Waals surface area contributed by atoms with E-state index in [0.717, 1.165) is 22.2 Å². The van der Waals surface area contributed by atoms with E-state index in [9.17, 15) is 4.79 Å². The first-order valence-corrected chi connectivity index (χ1v) is 8.97. The van der Waals surface area contributed by atoms with Crippen molar-refractivity contribution in [3.8, 4) is 5.75 Å². The number of benzene rings is 1. The molecule has 3 rings (SSSR count). The van der Waals surface area contributed by atoms with Gasteiger partial charge in [-0.1, -0.05) is 23.9 Å². The van der Waals surface area contributed by atoms with E-state index in [1.165, 1.54) is 12.8 Å². The Labute approximate surface area is 141 Å². The van der Waals surface area contributed by atoms with E-state index in [1.807, 2.05) is 31.3 Å². The number of amides is 1. The van der Waals surface area contributed by atoms with Gasteiger partial charge in [-0.05, 0) is 30.5 Å². The molecule has 1 atom stereocenters. The molecular formula is C17H23N3O2S. The SMILES string of the molecule is COc1ccc(CNC(=O)CC2CSC(=NC3CC3)N2C)cc1. The van der Waals surface area contributed by atoms with Crippen LogP contribution in [0.4, 0.5) is 0 Å². The zero-order chi connectivity index (χ0) is 16.2. The molecule has 5 nitrogen and oxygen atoms in total. The van der Waals surface area contributed by atoms with Crippen molar-refractivity contribution < 1.29 is 9.53 Å². The van der Waals surface area contributed by atoms with Crippen LogP contribution in [0.3, 0.4) is 0 Å². The van der Waals surface area contributed by atoms with Crippen LogP contribution in [0.5, 0.6) is 5.75 Å². The monoisotopic (exact) mass is 333 g/mol. The van der Waals surface area contributed by atoms with Gasteiger partial charge in [0.1, 0.15) is 5.75 Å². The van der Waals surface area contributed by atoms with Gasteiger partial charge >= 0.3 is 0 Å². The summed E-state index contributed by atoms with van der Waals surface area (Å²) in [4.78, 5) is 19.0. The molecule has 2 aliphatic rings. The van der Waals surface area contributed by atoms with E-state index in [1.54, 1.807) is 18.9 Å². The molecule has 1 N–H and O–H groups in total. The number of thioether (sulfide) groups is 1. The van der Waals surface area contributed by atoms with Gasteiger partial charge in [0, 0.05) is 31.8 Å². The number of methoxy groups -OCH3 is 1. The fourth-order valence-electron chi connectivity index (χ4n) is 2.45. The highest BCUT2D eigenvalue weighted by Gasteiger charge is 2.31. The summed E-state index contributed by atoms with van der Waals surface area (Å²) in [6.07, 6.45) is 2.94. The van der Waals surface area contributed by atoms with Crippen molar-refractivity contribution in [2.45, 2.75) is 37.9 Å². The van der Waals surface area contributed by atoms with Gasteiger partial charge in [0.15, 0.2) is 5.17 Å². The first kappa shape index (κ1) is 16.2. The van der Waals surface area contributed by atoms with Crippen LogP contribution in [-0.4, -0.2) is 48.0 Å². The Morgan fingerprint density at radius 1 is 1.39 bits per heavy atom. The molecule has 1 aliphatic carbocycles. The zero-order valence-electron chi connectivity index (χ0n) is 13.6. The van der Waals surface area contributed by atoms with Crippen molar-refractivity contribution in [2.75, 3.05) is 19.9 Å². The second-order valence-electron chi connectivity index (χ2n) is 6.05. The third-order valence-corrected chi connectivity index (χ3v) is 5.37. The number of carbonyl (C=O) groups is 1. The molecule has 1 saturated heterocycles. The number of amidine groups is 1. The molecule has 1 saturated carbocycles. The molecule has 1 aromatic carbocycles. The topological polar surface area (TPSA) is 53.9 Å². The molecule has 0 spiro atoms. The molecule has 1 unspecified atom stereocenters. The zero-order valence-corrected chi connectivity index (χ0v) is 14.4. The van der Waals surface area contributed by atoms with Crippen molar-refractivity contribution in [2.24, 2.45) is 4.99 Å². The number of nitrogens with zero attached hydrogens (tertiary/aromatic N) is 2. The maximum Gasteiger partial charge on any atom is 0.222 e. The van der Waals surface area contributed by atoms with Crippen LogP contribution in [0, 0.1) is 0 Å². The Kier molecular flexibility index (Phi) is 5.10. The minimum absolute atomic E-state index is 0.0888. The maximum atomic E-state index is 12.2. The fraction of sp³-hybridized carbons (Fsp3) is 0.529. The number of rotatable bonds is 6. The van der Waals surface area contributed by atoms with Crippen molar-refractivity contribution in [3.63, 3.8) is 0 Å². The quantitative estimate of drug-likeness (QED) is 0.868. The van der Waals surface area contributed by atoms with Gasteiger partial charge in [-0.15, -0.1) is 0 Å². The number of hydrogen-bond acceptors (Lipinski definition) is 4. The summed E-state index contributed by atoms with van der Waals surface area (Å²) in [5, 5.41) is 4.09. The summed E-state index contributed by atoms with van der Waals surface area (Å²) in [6.45, 7) is 0.551. The van der Waals surface area contributed by atoms with Gasteiger partial charge in [-0.2, -0.15) is 0 Å². The van der Waals surface area contributed by atoms with E-state index in [4.69, 9.17) is 9.73 Å². The molecule has 6 heteroatoms. The van der Waals surface area contributed by atoms with E-state index in [-0.39, 0.29) is 11.9 Å². The third kappa shape index (κ3) is 4.41. The number of ether oxygens (including phenoxy) is 1. The summed E-state index contributed by atoms with van der Waals surface area (Å²) in [5.74, 6) is 1.86. The molecule has 1 heterocycles. The number of carbonyl (C=O) groups excluding carboxylic acids is 1. The lowest BCUT2D eigenvalue weighted by Crippen LogP contribution is -2.35. The predicted octanol–water partition coefficient (Wildman–Crippen LogP) is 2.27. The molecule has 0 aromatic heterocycles. The predicted molar refractivity (Wildman–Crippen MR) is 93.9 cm³/mol. The molecule has 124 valence electrons. The average Bonchev–Trinajstić information content (AvgIpc) is 3.33. The normalized spacial score (nSPS) is 22.4. The van der Waals surface area contributed by atoms with Crippen LogP contribution in [-0.2, 0) is 11.3 Å². The second kappa shape index (κ2) is 7.25. The Bertz CT molecular complexity index is 584. The smallest absolute Gasteiger partial charge is 0.222 e. The van der Waals surface area contributed by atoms with Gasteiger partial charge in [0.25, 0.3) is 0 Å². The average molecular weight is 333 g/mol. The Morgan fingerprint density at radius 2 is 2.13 bits per heavy atom. The molecule has 1 aliphatic heterocycles. The van der Waals surface area contributed by atoms with Crippen molar-refractivity contribution >= 4 is 22.8 Å². The van der Waals surface area contributed by atoms with E-state index < -0.39 is 0 Å². The lowest BCUT2D eigenvalue weighted by molar-refractivity contribution is -0.121.